The number of oxazole rings is 1. The summed E-state index contributed by atoms with van der Waals surface area (Å²) in [6.07, 6.45) is 1.91. The number of hydrogen-bond acceptors (Lipinski definition) is 9. The van der Waals surface area contributed by atoms with Crippen molar-refractivity contribution in [2.24, 2.45) is 0 Å². The maximum Gasteiger partial charge on any atom is 0.339 e. The van der Waals surface area contributed by atoms with Gasteiger partial charge in [0.05, 0.1) is 10.5 Å². The van der Waals surface area contributed by atoms with Gasteiger partial charge in [-0.3, -0.25) is 4.79 Å². The van der Waals surface area contributed by atoms with E-state index < -0.39 is 28.0 Å². The van der Waals surface area contributed by atoms with Gasteiger partial charge in [-0.25, -0.2) is 32.9 Å². The quantitative estimate of drug-likeness (QED) is 0.194. The van der Waals surface area contributed by atoms with E-state index in [9.17, 15) is 18.0 Å². The summed E-state index contributed by atoms with van der Waals surface area (Å²) in [6.45, 7) is 1.72. The molecule has 0 radical (unpaired) electrons. The van der Waals surface area contributed by atoms with Crippen LogP contribution in [0.3, 0.4) is 0 Å². The number of nitrogens with zero attached hydrogens (tertiary/aromatic N) is 3. The van der Waals surface area contributed by atoms with Gasteiger partial charge in [0.15, 0.2) is 11.7 Å². The smallest absolute Gasteiger partial charge is 0.339 e. The van der Waals surface area contributed by atoms with E-state index in [1.807, 2.05) is 48.5 Å². The van der Waals surface area contributed by atoms with E-state index >= 15 is 0 Å². The Morgan fingerprint density at radius 1 is 0.886 bits per heavy atom. The van der Waals surface area contributed by atoms with Gasteiger partial charge in [-0.05, 0) is 66.4 Å². The number of ether oxygens (including phenoxy) is 1. The SMILES string of the molecule is CCC(OC(=O)c1cccc2cccc(-c3nc4ccccc4o3)c12)C(=O)Nc1ccc(S(=O)(=O)Nc2ncccn2)cc1. The molecule has 0 aliphatic carbocycles. The fraction of sp³-hybridized carbons (Fsp3) is 0.0938. The molecule has 1 unspecified atom stereocenters. The Labute approximate surface area is 252 Å². The Balaban J connectivity index is 1.20. The molecule has 11 nitrogen and oxygen atoms in total. The molecule has 0 aliphatic heterocycles. The molecule has 1 amide bonds. The van der Waals surface area contributed by atoms with Crippen molar-refractivity contribution in [3.63, 3.8) is 0 Å². The number of anilines is 2. The van der Waals surface area contributed by atoms with E-state index in [1.54, 1.807) is 25.1 Å². The van der Waals surface area contributed by atoms with Crippen LogP contribution in [0, 0.1) is 0 Å². The number of aromatic nitrogens is 3. The molecule has 4 aromatic carbocycles. The minimum Gasteiger partial charge on any atom is -0.449 e. The number of amides is 1. The first-order chi connectivity index (χ1) is 21.3. The number of carbonyl (C=O) groups is 2. The molecule has 0 aliphatic rings. The molecule has 2 N–H and O–H groups in total. The van der Waals surface area contributed by atoms with Crippen molar-refractivity contribution in [3.05, 3.63) is 109 Å². The number of benzene rings is 4. The van der Waals surface area contributed by atoms with Crippen LogP contribution >= 0.6 is 0 Å². The van der Waals surface area contributed by atoms with Crippen LogP contribution in [0.5, 0.6) is 0 Å². The molecule has 0 saturated heterocycles. The zero-order chi connectivity index (χ0) is 30.7. The third-order valence-electron chi connectivity index (χ3n) is 6.79. The number of sulfonamides is 1. The van der Waals surface area contributed by atoms with E-state index in [0.29, 0.717) is 33.6 Å². The minimum absolute atomic E-state index is 0.0490. The van der Waals surface area contributed by atoms with Crippen LogP contribution < -0.4 is 10.0 Å². The minimum atomic E-state index is -3.94. The third-order valence-corrected chi connectivity index (χ3v) is 8.13. The average Bonchev–Trinajstić information content (AvgIpc) is 3.48. The molecule has 12 heteroatoms. The second kappa shape index (κ2) is 11.9. The van der Waals surface area contributed by atoms with E-state index in [-0.39, 0.29) is 22.8 Å². The van der Waals surface area contributed by atoms with Gasteiger partial charge in [0.1, 0.15) is 5.52 Å². The standard InChI is InChI=1S/C32H25N5O6S/c1-2-26(29(38)35-21-14-16-22(17-15-21)44(40,41)37-32-33-18-7-19-34-32)43-31(39)24-11-6-9-20-8-5-10-23(28(20)24)30-36-25-12-3-4-13-27(25)42-30/h3-19,26H,2H2,1H3,(H,35,38)(H,33,34,37). The Bertz CT molecular complexity index is 2060. The summed E-state index contributed by atoms with van der Waals surface area (Å²) in [7, 11) is -3.94. The molecule has 0 saturated carbocycles. The first-order valence-electron chi connectivity index (χ1n) is 13.6. The summed E-state index contributed by atoms with van der Waals surface area (Å²) >= 11 is 0. The maximum absolute atomic E-state index is 13.5. The van der Waals surface area contributed by atoms with Crippen molar-refractivity contribution in [2.75, 3.05) is 10.0 Å². The van der Waals surface area contributed by atoms with Crippen LogP contribution in [-0.4, -0.2) is 41.4 Å². The van der Waals surface area contributed by atoms with E-state index in [2.05, 4.69) is 25.0 Å². The predicted octanol–water partition coefficient (Wildman–Crippen LogP) is 5.81. The molecule has 2 heterocycles. The van der Waals surface area contributed by atoms with Crippen molar-refractivity contribution in [1.29, 1.82) is 0 Å². The predicted molar refractivity (Wildman–Crippen MR) is 164 cm³/mol. The second-order valence-corrected chi connectivity index (χ2v) is 11.4. The normalized spacial score (nSPS) is 12.1. The number of nitrogens with one attached hydrogen (secondary N) is 2. The summed E-state index contributed by atoms with van der Waals surface area (Å²) < 4.78 is 39.3. The molecule has 220 valence electrons. The van der Waals surface area contributed by atoms with Gasteiger partial charge in [-0.15, -0.1) is 0 Å². The van der Waals surface area contributed by atoms with Crippen molar-refractivity contribution in [2.45, 2.75) is 24.3 Å². The monoisotopic (exact) mass is 607 g/mol. The highest BCUT2D eigenvalue weighted by Gasteiger charge is 2.25. The molecule has 44 heavy (non-hydrogen) atoms. The lowest BCUT2D eigenvalue weighted by Gasteiger charge is -2.17. The fourth-order valence-corrected chi connectivity index (χ4v) is 5.62. The summed E-state index contributed by atoms with van der Waals surface area (Å²) in [4.78, 5) is 38.9. The van der Waals surface area contributed by atoms with E-state index in [0.717, 1.165) is 5.39 Å². The van der Waals surface area contributed by atoms with Crippen LogP contribution in [0.15, 0.2) is 113 Å². The highest BCUT2D eigenvalue weighted by molar-refractivity contribution is 7.92. The summed E-state index contributed by atoms with van der Waals surface area (Å²) in [6, 6.07) is 25.3. The van der Waals surface area contributed by atoms with Crippen LogP contribution in [0.4, 0.5) is 11.6 Å². The summed E-state index contributed by atoms with van der Waals surface area (Å²) in [5, 5.41) is 4.06. The highest BCUT2D eigenvalue weighted by atomic mass is 32.2. The first kappa shape index (κ1) is 28.5. The first-order valence-corrected chi connectivity index (χ1v) is 15.1. The topological polar surface area (TPSA) is 153 Å². The summed E-state index contributed by atoms with van der Waals surface area (Å²) in [5.41, 5.74) is 2.51. The molecule has 1 atom stereocenters. The lowest BCUT2D eigenvalue weighted by Crippen LogP contribution is -2.32. The van der Waals surface area contributed by atoms with Gasteiger partial charge < -0.3 is 14.5 Å². The van der Waals surface area contributed by atoms with Crippen LogP contribution in [0.1, 0.15) is 23.7 Å². The van der Waals surface area contributed by atoms with Crippen LogP contribution in [-0.2, 0) is 19.6 Å². The number of esters is 1. The van der Waals surface area contributed by atoms with Gasteiger partial charge in [0.2, 0.25) is 11.8 Å². The lowest BCUT2D eigenvalue weighted by atomic mass is 9.99. The average molecular weight is 608 g/mol. The van der Waals surface area contributed by atoms with Crippen LogP contribution in [0.25, 0.3) is 33.3 Å². The van der Waals surface area contributed by atoms with Gasteiger partial charge in [0.25, 0.3) is 15.9 Å². The summed E-state index contributed by atoms with van der Waals surface area (Å²) in [5.74, 6) is -0.952. The highest BCUT2D eigenvalue weighted by Crippen LogP contribution is 2.33. The molecule has 6 rings (SSSR count). The number of carbonyl (C=O) groups excluding carboxylic acids is 2. The molecule has 2 aromatic heterocycles. The van der Waals surface area contributed by atoms with Crippen molar-refractivity contribution >= 4 is 55.4 Å². The molecular formula is C32H25N5O6S. The third kappa shape index (κ3) is 5.83. The Kier molecular flexibility index (Phi) is 7.73. The fourth-order valence-electron chi connectivity index (χ4n) is 4.66. The van der Waals surface area contributed by atoms with Crippen LogP contribution in [0.2, 0.25) is 0 Å². The van der Waals surface area contributed by atoms with Gasteiger partial charge in [-0.1, -0.05) is 43.3 Å². The molecule has 0 spiro atoms. The Morgan fingerprint density at radius 3 is 2.34 bits per heavy atom. The largest absolute Gasteiger partial charge is 0.449 e. The van der Waals surface area contributed by atoms with Gasteiger partial charge in [-0.2, -0.15) is 0 Å². The van der Waals surface area contributed by atoms with Crippen molar-refractivity contribution in [1.82, 2.24) is 15.0 Å². The number of para-hydroxylation sites is 2. The van der Waals surface area contributed by atoms with E-state index in [4.69, 9.17) is 9.15 Å². The van der Waals surface area contributed by atoms with Crippen molar-refractivity contribution < 1.29 is 27.2 Å². The zero-order valence-electron chi connectivity index (χ0n) is 23.3. The molecule has 0 bridgehead atoms. The second-order valence-electron chi connectivity index (χ2n) is 9.69. The number of fused-ring (bicyclic) bond motifs is 2. The molecule has 6 aromatic rings. The zero-order valence-corrected chi connectivity index (χ0v) is 24.1. The number of hydrogen-bond donors (Lipinski definition) is 2. The van der Waals surface area contributed by atoms with Gasteiger partial charge >= 0.3 is 5.97 Å². The lowest BCUT2D eigenvalue weighted by molar-refractivity contribution is -0.124. The maximum atomic E-state index is 13.5. The van der Waals surface area contributed by atoms with E-state index in [1.165, 1.54) is 36.7 Å². The molecule has 0 fully saturated rings. The van der Waals surface area contributed by atoms with Crippen molar-refractivity contribution in [3.8, 4) is 11.5 Å². The van der Waals surface area contributed by atoms with Gasteiger partial charge in [0, 0.05) is 29.0 Å². The Morgan fingerprint density at radius 2 is 1.61 bits per heavy atom. The number of rotatable bonds is 9. The Hall–Kier alpha value is -5.62. The molecular weight excluding hydrogens is 582 g/mol.